The molecule has 1 fully saturated rings. The van der Waals surface area contributed by atoms with Crippen molar-refractivity contribution in [1.29, 1.82) is 0 Å². The number of aromatic nitrogens is 5. The van der Waals surface area contributed by atoms with Crippen LogP contribution in [0, 0.1) is 0 Å². The number of carbonyl (C=O) groups excluding carboxylic acids is 2. The lowest BCUT2D eigenvalue weighted by Gasteiger charge is -2.06. The van der Waals surface area contributed by atoms with Crippen LogP contribution in [0.4, 0.5) is 5.69 Å². The number of rotatable bonds is 9. The predicted octanol–water partition coefficient (Wildman–Crippen LogP) is 3.37. The molecule has 0 spiro atoms. The Morgan fingerprint density at radius 1 is 1.06 bits per heavy atom. The predicted molar refractivity (Wildman–Crippen MR) is 130 cm³/mol. The second-order valence-electron chi connectivity index (χ2n) is 7.34. The molecule has 33 heavy (non-hydrogen) atoms. The van der Waals surface area contributed by atoms with Gasteiger partial charge in [-0.3, -0.25) is 9.59 Å². The van der Waals surface area contributed by atoms with Gasteiger partial charge in [0.25, 0.3) is 0 Å². The van der Waals surface area contributed by atoms with Crippen LogP contribution in [0.3, 0.4) is 0 Å². The molecule has 2 amide bonds. The first-order valence-corrected chi connectivity index (χ1v) is 13.0. The Labute approximate surface area is 201 Å². The number of benzene rings is 2. The van der Waals surface area contributed by atoms with E-state index in [1.807, 2.05) is 48.5 Å². The molecule has 0 saturated heterocycles. The van der Waals surface area contributed by atoms with Gasteiger partial charge >= 0.3 is 0 Å². The molecule has 1 aliphatic rings. The highest BCUT2D eigenvalue weighted by molar-refractivity contribution is 8.01. The zero-order valence-corrected chi connectivity index (χ0v) is 19.8. The molecule has 0 unspecified atom stereocenters. The van der Waals surface area contributed by atoms with Gasteiger partial charge in [-0.15, -0.1) is 16.4 Å². The van der Waals surface area contributed by atoms with E-state index in [0.717, 1.165) is 33.1 Å². The molecule has 12 heteroatoms. The Morgan fingerprint density at radius 2 is 1.88 bits per heavy atom. The molecule has 2 N–H and O–H groups in total. The molecule has 2 heterocycles. The van der Waals surface area contributed by atoms with Crippen LogP contribution in [0.5, 0.6) is 0 Å². The molecule has 5 rings (SSSR count). The van der Waals surface area contributed by atoms with Gasteiger partial charge in [-0.25, -0.2) is 4.98 Å². The number of nitrogens with zero attached hydrogens (tertiary/aromatic N) is 5. The van der Waals surface area contributed by atoms with E-state index in [1.165, 1.54) is 34.9 Å². The number of tetrazole rings is 1. The van der Waals surface area contributed by atoms with Crippen LogP contribution in [-0.2, 0) is 9.59 Å². The van der Waals surface area contributed by atoms with E-state index in [9.17, 15) is 9.59 Å². The molecule has 2 aromatic carbocycles. The Kier molecular flexibility index (Phi) is 6.55. The maximum absolute atomic E-state index is 12.5. The number of amides is 2. The van der Waals surface area contributed by atoms with E-state index >= 15 is 0 Å². The number of hydrogen-bond donors (Lipinski definition) is 2. The fourth-order valence-corrected chi connectivity index (χ4v) is 5.60. The van der Waals surface area contributed by atoms with Gasteiger partial charge in [-0.1, -0.05) is 41.7 Å². The van der Waals surface area contributed by atoms with Gasteiger partial charge in [0.2, 0.25) is 17.0 Å². The van der Waals surface area contributed by atoms with E-state index < -0.39 is 0 Å². The summed E-state index contributed by atoms with van der Waals surface area (Å²) in [5.74, 6) is 0.424. The largest absolute Gasteiger partial charge is 0.353 e. The van der Waals surface area contributed by atoms with Crippen LogP contribution in [0.25, 0.3) is 15.9 Å². The third kappa shape index (κ3) is 5.70. The van der Waals surface area contributed by atoms with Crippen molar-refractivity contribution in [2.24, 2.45) is 0 Å². The van der Waals surface area contributed by atoms with Gasteiger partial charge in [-0.2, -0.15) is 4.68 Å². The van der Waals surface area contributed by atoms with Crippen LogP contribution in [-0.4, -0.2) is 54.6 Å². The van der Waals surface area contributed by atoms with Crippen LogP contribution < -0.4 is 10.6 Å². The fraction of sp³-hybridized carbons (Fsp3) is 0.238. The Morgan fingerprint density at radius 3 is 2.70 bits per heavy atom. The first-order chi connectivity index (χ1) is 16.1. The zero-order chi connectivity index (χ0) is 22.6. The first kappa shape index (κ1) is 21.9. The third-order valence-corrected chi connectivity index (χ3v) is 7.78. The molecule has 0 atom stereocenters. The molecule has 1 aliphatic carbocycles. The van der Waals surface area contributed by atoms with Crippen molar-refractivity contribution in [3.05, 3.63) is 48.5 Å². The lowest BCUT2D eigenvalue weighted by molar-refractivity contribution is -0.118. The van der Waals surface area contributed by atoms with Gasteiger partial charge in [0, 0.05) is 11.7 Å². The Balaban J connectivity index is 1.17. The van der Waals surface area contributed by atoms with E-state index in [0.29, 0.717) is 22.6 Å². The lowest BCUT2D eigenvalue weighted by atomic mass is 10.3. The molecule has 2 aromatic heterocycles. The second kappa shape index (κ2) is 9.89. The van der Waals surface area contributed by atoms with Crippen LogP contribution in [0.1, 0.15) is 12.8 Å². The van der Waals surface area contributed by atoms with Crippen molar-refractivity contribution in [1.82, 2.24) is 30.5 Å². The summed E-state index contributed by atoms with van der Waals surface area (Å²) in [6.07, 6.45) is 2.16. The van der Waals surface area contributed by atoms with Crippen LogP contribution in [0.15, 0.2) is 58.0 Å². The highest BCUT2D eigenvalue weighted by Gasteiger charge is 2.23. The Bertz CT molecular complexity index is 1290. The summed E-state index contributed by atoms with van der Waals surface area (Å²) in [5.41, 5.74) is 2.38. The normalized spacial score (nSPS) is 13.2. The second-order valence-corrected chi connectivity index (χ2v) is 10.5. The number of hydrogen-bond acceptors (Lipinski definition) is 9. The summed E-state index contributed by atoms with van der Waals surface area (Å²) in [4.78, 5) is 29.0. The molecular formula is C21H19N7O2S3. The minimum atomic E-state index is -0.155. The average molecular weight is 498 g/mol. The number of thiazole rings is 1. The summed E-state index contributed by atoms with van der Waals surface area (Å²) < 4.78 is 3.40. The van der Waals surface area contributed by atoms with Crippen molar-refractivity contribution in [3.8, 4) is 5.69 Å². The van der Waals surface area contributed by atoms with E-state index in [2.05, 4.69) is 31.1 Å². The molecule has 168 valence electrons. The van der Waals surface area contributed by atoms with E-state index in [-0.39, 0.29) is 17.6 Å². The van der Waals surface area contributed by atoms with Crippen molar-refractivity contribution in [3.63, 3.8) is 0 Å². The van der Waals surface area contributed by atoms with Crippen LogP contribution in [0.2, 0.25) is 0 Å². The molecule has 4 aromatic rings. The van der Waals surface area contributed by atoms with Gasteiger partial charge in [0.05, 0.1) is 27.4 Å². The minimum absolute atomic E-state index is 0.0468. The molecule has 9 nitrogen and oxygen atoms in total. The number of carbonyl (C=O) groups is 2. The quantitative estimate of drug-likeness (QED) is 0.338. The van der Waals surface area contributed by atoms with Gasteiger partial charge in [-0.05, 0) is 53.6 Å². The summed E-state index contributed by atoms with van der Waals surface area (Å²) >= 11 is 4.21. The number of para-hydroxylation sites is 1. The van der Waals surface area contributed by atoms with Crippen LogP contribution >= 0.6 is 34.9 Å². The maximum Gasteiger partial charge on any atom is 0.234 e. The number of nitrogens with one attached hydrogen (secondary N) is 2. The third-order valence-electron chi connectivity index (χ3n) is 4.70. The van der Waals surface area contributed by atoms with Gasteiger partial charge in [0.1, 0.15) is 0 Å². The van der Waals surface area contributed by atoms with E-state index in [4.69, 9.17) is 0 Å². The van der Waals surface area contributed by atoms with Crippen molar-refractivity contribution in [2.75, 3.05) is 16.8 Å². The SMILES string of the molecule is O=C(CSc1nnnn1-c1ccccc1)Nc1ccc2nc(SCC(=O)NC3CC3)sc2c1. The molecule has 1 saturated carbocycles. The summed E-state index contributed by atoms with van der Waals surface area (Å²) in [6.45, 7) is 0. The summed E-state index contributed by atoms with van der Waals surface area (Å²) in [5, 5.41) is 18.2. The van der Waals surface area contributed by atoms with Crippen molar-refractivity contribution < 1.29 is 9.59 Å². The number of thioether (sulfide) groups is 2. The van der Waals surface area contributed by atoms with Crippen molar-refractivity contribution >= 4 is 62.6 Å². The average Bonchev–Trinajstić information content (AvgIpc) is 3.34. The molecule has 0 radical (unpaired) electrons. The number of anilines is 1. The number of fused-ring (bicyclic) bond motifs is 1. The van der Waals surface area contributed by atoms with Gasteiger partial charge in [0.15, 0.2) is 4.34 Å². The van der Waals surface area contributed by atoms with E-state index in [1.54, 1.807) is 4.68 Å². The fourth-order valence-electron chi connectivity index (χ4n) is 2.99. The minimum Gasteiger partial charge on any atom is -0.353 e. The summed E-state index contributed by atoms with van der Waals surface area (Å²) in [7, 11) is 0. The topological polar surface area (TPSA) is 115 Å². The maximum atomic E-state index is 12.5. The Hall–Kier alpha value is -2.96. The first-order valence-electron chi connectivity index (χ1n) is 10.2. The standard InChI is InChI=1S/C21H19N7O2S3/c29-18(11-31-20-25-26-27-28(20)15-4-2-1-3-5-15)23-14-8-9-16-17(10-14)33-21(24-16)32-12-19(30)22-13-6-7-13/h1-5,8-10,13H,6-7,11-12H2,(H,22,30)(H,23,29). The zero-order valence-electron chi connectivity index (χ0n) is 17.3. The molecule has 0 aliphatic heterocycles. The molecule has 0 bridgehead atoms. The smallest absolute Gasteiger partial charge is 0.234 e. The molecular weight excluding hydrogens is 478 g/mol. The lowest BCUT2D eigenvalue weighted by Crippen LogP contribution is -2.26. The highest BCUT2D eigenvalue weighted by Crippen LogP contribution is 2.31. The van der Waals surface area contributed by atoms with Crippen molar-refractivity contribution in [2.45, 2.75) is 28.4 Å². The van der Waals surface area contributed by atoms with Gasteiger partial charge < -0.3 is 10.6 Å². The monoisotopic (exact) mass is 497 g/mol. The highest BCUT2D eigenvalue weighted by atomic mass is 32.2. The summed E-state index contributed by atoms with van der Waals surface area (Å²) in [6, 6.07) is 15.5.